The average Bonchev–Trinajstić information content (AvgIpc) is 3.10. The van der Waals surface area contributed by atoms with Gasteiger partial charge in [0.25, 0.3) is 11.7 Å². The van der Waals surface area contributed by atoms with Gasteiger partial charge in [0.05, 0.1) is 24.6 Å². The van der Waals surface area contributed by atoms with Crippen LogP contribution in [0.2, 0.25) is 0 Å². The molecule has 0 aliphatic carbocycles. The van der Waals surface area contributed by atoms with Crippen LogP contribution in [0.3, 0.4) is 0 Å². The normalized spacial score (nSPS) is 17.1. The first-order chi connectivity index (χ1) is 16.4. The van der Waals surface area contributed by atoms with Gasteiger partial charge in [0, 0.05) is 11.3 Å². The van der Waals surface area contributed by atoms with E-state index in [1.54, 1.807) is 72.8 Å². The van der Waals surface area contributed by atoms with Crippen LogP contribution in [0.15, 0.2) is 84.4 Å². The van der Waals surface area contributed by atoms with E-state index in [9.17, 15) is 19.5 Å². The lowest BCUT2D eigenvalue weighted by Gasteiger charge is -2.25. The average molecular weight is 457 g/mol. The zero-order valence-electron chi connectivity index (χ0n) is 18.5. The van der Waals surface area contributed by atoms with E-state index in [0.717, 1.165) is 0 Å². The molecule has 1 aliphatic rings. The molecule has 1 heterocycles. The molecule has 1 saturated heterocycles. The lowest BCUT2D eigenvalue weighted by Crippen LogP contribution is -2.29. The smallest absolute Gasteiger partial charge is 0.307 e. The topological polar surface area (TPSA) is 104 Å². The maximum Gasteiger partial charge on any atom is 0.307 e. The first kappa shape index (κ1) is 22.8. The summed E-state index contributed by atoms with van der Waals surface area (Å²) in [6.45, 7) is 2.36. The number of benzene rings is 3. The maximum atomic E-state index is 13.2. The molecule has 0 bridgehead atoms. The minimum absolute atomic E-state index is 0.0185. The van der Waals surface area contributed by atoms with Crippen molar-refractivity contribution in [3.05, 3.63) is 101 Å². The highest BCUT2D eigenvalue weighted by molar-refractivity contribution is 6.51. The fourth-order valence-electron chi connectivity index (χ4n) is 4.03. The van der Waals surface area contributed by atoms with E-state index >= 15 is 0 Å². The number of hydrogen-bond donors (Lipinski definition) is 2. The number of carbonyl (C=O) groups is 3. The highest BCUT2D eigenvalue weighted by Gasteiger charge is 2.46. The number of ether oxygens (including phenoxy) is 1. The second-order valence-electron chi connectivity index (χ2n) is 7.77. The van der Waals surface area contributed by atoms with Crippen LogP contribution >= 0.6 is 0 Å². The Morgan fingerprint density at radius 2 is 1.56 bits per heavy atom. The van der Waals surface area contributed by atoms with Crippen LogP contribution in [-0.4, -0.2) is 34.5 Å². The Bertz CT molecular complexity index is 1250. The first-order valence-corrected chi connectivity index (χ1v) is 10.8. The van der Waals surface area contributed by atoms with Crippen LogP contribution in [-0.2, 0) is 20.8 Å². The number of rotatable bonds is 7. The monoisotopic (exact) mass is 457 g/mol. The van der Waals surface area contributed by atoms with E-state index in [0.29, 0.717) is 34.7 Å². The number of hydrogen-bond acceptors (Lipinski definition) is 5. The summed E-state index contributed by atoms with van der Waals surface area (Å²) in [4.78, 5) is 38.6. The van der Waals surface area contributed by atoms with E-state index in [1.807, 2.05) is 13.0 Å². The third-order valence-corrected chi connectivity index (χ3v) is 5.57. The summed E-state index contributed by atoms with van der Waals surface area (Å²) in [6.07, 6.45) is -0.154. The molecule has 1 atom stereocenters. The van der Waals surface area contributed by atoms with Crippen molar-refractivity contribution in [3.8, 4) is 5.75 Å². The van der Waals surface area contributed by atoms with E-state index in [2.05, 4.69) is 0 Å². The number of aliphatic hydroxyl groups excluding tert-OH is 1. The lowest BCUT2D eigenvalue weighted by molar-refractivity contribution is -0.136. The second kappa shape index (κ2) is 9.62. The first-order valence-electron chi connectivity index (χ1n) is 10.8. The van der Waals surface area contributed by atoms with Gasteiger partial charge in [-0.3, -0.25) is 19.3 Å². The molecule has 0 radical (unpaired) electrons. The summed E-state index contributed by atoms with van der Waals surface area (Å²) >= 11 is 0. The van der Waals surface area contributed by atoms with Crippen LogP contribution < -0.4 is 9.64 Å². The Kier molecular flexibility index (Phi) is 6.45. The molecule has 3 aromatic carbocycles. The number of aliphatic hydroxyl groups is 1. The largest absolute Gasteiger partial charge is 0.507 e. The Balaban J connectivity index is 1.82. The van der Waals surface area contributed by atoms with Crippen molar-refractivity contribution in [2.75, 3.05) is 11.5 Å². The highest BCUT2D eigenvalue weighted by Crippen LogP contribution is 2.42. The Morgan fingerprint density at radius 1 is 0.912 bits per heavy atom. The summed E-state index contributed by atoms with van der Waals surface area (Å²) in [7, 11) is 0. The SMILES string of the molecule is CCOc1ccc(/C(O)=C2\C(=O)C(=O)N(c3ccc(CC(=O)O)cc3)C2c2ccccc2)cc1. The van der Waals surface area contributed by atoms with Gasteiger partial charge in [0.1, 0.15) is 11.5 Å². The highest BCUT2D eigenvalue weighted by atomic mass is 16.5. The molecule has 2 N–H and O–H groups in total. The molecule has 1 amide bonds. The third-order valence-electron chi connectivity index (χ3n) is 5.57. The van der Waals surface area contributed by atoms with E-state index in [4.69, 9.17) is 9.84 Å². The Morgan fingerprint density at radius 3 is 2.15 bits per heavy atom. The van der Waals surface area contributed by atoms with Crippen molar-refractivity contribution in [1.29, 1.82) is 0 Å². The van der Waals surface area contributed by atoms with E-state index in [1.165, 1.54) is 4.90 Å². The van der Waals surface area contributed by atoms with Gasteiger partial charge in [0.15, 0.2) is 0 Å². The molecule has 7 nitrogen and oxygen atoms in total. The summed E-state index contributed by atoms with van der Waals surface area (Å²) in [6, 6.07) is 21.2. The fourth-order valence-corrected chi connectivity index (χ4v) is 4.03. The number of carbonyl (C=O) groups excluding carboxylic acids is 2. The van der Waals surface area contributed by atoms with E-state index in [-0.39, 0.29) is 17.8 Å². The van der Waals surface area contributed by atoms with Gasteiger partial charge in [-0.1, -0.05) is 42.5 Å². The molecule has 1 aliphatic heterocycles. The number of anilines is 1. The zero-order chi connectivity index (χ0) is 24.2. The molecule has 3 aromatic rings. The number of amides is 1. The quantitative estimate of drug-likeness (QED) is 0.311. The molecule has 1 fully saturated rings. The molecule has 0 spiro atoms. The van der Waals surface area contributed by atoms with Crippen LogP contribution in [0.5, 0.6) is 5.75 Å². The van der Waals surface area contributed by atoms with Gasteiger partial charge in [-0.2, -0.15) is 0 Å². The summed E-state index contributed by atoms with van der Waals surface area (Å²) in [5, 5.41) is 20.2. The lowest BCUT2D eigenvalue weighted by atomic mass is 9.95. The minimum Gasteiger partial charge on any atom is -0.507 e. The number of carboxylic acids is 1. The molecule has 1 unspecified atom stereocenters. The van der Waals surface area contributed by atoms with Crippen LogP contribution in [0.1, 0.15) is 29.7 Å². The number of nitrogens with zero attached hydrogens (tertiary/aromatic N) is 1. The van der Waals surface area contributed by atoms with Crippen molar-refractivity contribution in [2.45, 2.75) is 19.4 Å². The molecule has 34 heavy (non-hydrogen) atoms. The minimum atomic E-state index is -0.965. The maximum absolute atomic E-state index is 13.2. The molecule has 4 rings (SSSR count). The van der Waals surface area contributed by atoms with Gasteiger partial charge >= 0.3 is 5.97 Å². The standard InChI is InChI=1S/C27H23NO6/c1-2-34-21-14-10-19(11-15-21)25(31)23-24(18-6-4-3-5-7-18)28(27(33)26(23)32)20-12-8-17(9-13-20)16-22(29)30/h3-15,24,31H,2,16H2,1H3,(H,29,30)/b25-23+. The number of ketones is 1. The van der Waals surface area contributed by atoms with Gasteiger partial charge in [-0.25, -0.2) is 0 Å². The molecular weight excluding hydrogens is 434 g/mol. The van der Waals surface area contributed by atoms with Gasteiger partial charge in [0.2, 0.25) is 0 Å². The molecule has 172 valence electrons. The van der Waals surface area contributed by atoms with Crippen LogP contribution in [0, 0.1) is 0 Å². The third kappa shape index (κ3) is 4.41. The van der Waals surface area contributed by atoms with Crippen molar-refractivity contribution in [3.63, 3.8) is 0 Å². The van der Waals surface area contributed by atoms with Gasteiger partial charge in [-0.05, 0) is 54.4 Å². The summed E-state index contributed by atoms with van der Waals surface area (Å²) < 4.78 is 5.44. The van der Waals surface area contributed by atoms with Crippen molar-refractivity contribution in [1.82, 2.24) is 0 Å². The summed E-state index contributed by atoms with van der Waals surface area (Å²) in [5.74, 6) is -2.18. The molecule has 0 aromatic heterocycles. The summed E-state index contributed by atoms with van der Waals surface area (Å²) in [5.41, 5.74) is 2.02. The van der Waals surface area contributed by atoms with Gasteiger partial charge < -0.3 is 14.9 Å². The number of carboxylic acid groups (broad SMARTS) is 1. The molecule has 0 saturated carbocycles. The van der Waals surface area contributed by atoms with E-state index < -0.39 is 23.7 Å². The predicted octanol–water partition coefficient (Wildman–Crippen LogP) is 4.34. The molecule has 7 heteroatoms. The van der Waals surface area contributed by atoms with Crippen LogP contribution in [0.4, 0.5) is 5.69 Å². The second-order valence-corrected chi connectivity index (χ2v) is 7.77. The van der Waals surface area contributed by atoms with Crippen molar-refractivity contribution < 1.29 is 29.3 Å². The van der Waals surface area contributed by atoms with Gasteiger partial charge in [-0.15, -0.1) is 0 Å². The van der Waals surface area contributed by atoms with Crippen LogP contribution in [0.25, 0.3) is 5.76 Å². The predicted molar refractivity (Wildman–Crippen MR) is 127 cm³/mol. The Hall–Kier alpha value is -4.39. The number of Topliss-reactive ketones (excluding diaryl/α,β-unsaturated/α-hetero) is 1. The van der Waals surface area contributed by atoms with Crippen molar-refractivity contribution in [2.24, 2.45) is 0 Å². The Labute approximate surface area is 196 Å². The van der Waals surface area contributed by atoms with Crippen molar-refractivity contribution >= 4 is 29.1 Å². The zero-order valence-corrected chi connectivity index (χ0v) is 18.5. The fraction of sp³-hybridized carbons (Fsp3) is 0.148. The molecular formula is C27H23NO6. The number of aliphatic carboxylic acids is 1.